The van der Waals surface area contributed by atoms with Gasteiger partial charge in [0.25, 0.3) is 0 Å². The number of carboxylic acids is 1. The first-order valence-corrected chi connectivity index (χ1v) is 7.28. The molecule has 1 aliphatic carbocycles. The van der Waals surface area contributed by atoms with Gasteiger partial charge in [0.15, 0.2) is 0 Å². The Kier molecular flexibility index (Phi) is 5.57. The van der Waals surface area contributed by atoms with Crippen LogP contribution in [0.1, 0.15) is 52.9 Å². The summed E-state index contributed by atoms with van der Waals surface area (Å²) in [5.41, 5.74) is -1.49. The third-order valence-corrected chi connectivity index (χ3v) is 5.03. The Balaban J connectivity index is 2.56. The summed E-state index contributed by atoms with van der Waals surface area (Å²) >= 11 is 0. The zero-order valence-corrected chi connectivity index (χ0v) is 12.6. The van der Waals surface area contributed by atoms with Crippen molar-refractivity contribution in [3.05, 3.63) is 0 Å². The number of hydrogen-bond donors (Lipinski definition) is 2. The van der Waals surface area contributed by atoms with E-state index in [1.165, 1.54) is 0 Å². The second-order valence-electron chi connectivity index (χ2n) is 6.40. The van der Waals surface area contributed by atoms with Gasteiger partial charge < -0.3 is 14.9 Å². The van der Waals surface area contributed by atoms with Crippen LogP contribution in [-0.2, 0) is 14.3 Å². The monoisotopic (exact) mass is 286 g/mol. The number of carbonyl (C=O) groups is 2. The molecule has 0 amide bonds. The first-order chi connectivity index (χ1) is 9.27. The van der Waals surface area contributed by atoms with E-state index in [4.69, 9.17) is 9.84 Å². The van der Waals surface area contributed by atoms with Crippen LogP contribution in [0.15, 0.2) is 0 Å². The summed E-state index contributed by atoms with van der Waals surface area (Å²) in [6, 6.07) is 0. The fourth-order valence-electron chi connectivity index (χ4n) is 2.96. The minimum absolute atomic E-state index is 0.153. The Morgan fingerprint density at radius 2 is 1.85 bits per heavy atom. The lowest BCUT2D eigenvalue weighted by atomic mass is 9.66. The minimum atomic E-state index is -0.881. The van der Waals surface area contributed by atoms with E-state index in [2.05, 4.69) is 0 Å². The van der Waals surface area contributed by atoms with E-state index in [0.717, 1.165) is 12.8 Å². The number of hydrogen-bond acceptors (Lipinski definition) is 4. The summed E-state index contributed by atoms with van der Waals surface area (Å²) in [5.74, 6) is -1.49. The van der Waals surface area contributed by atoms with Gasteiger partial charge in [0.05, 0.1) is 17.9 Å². The number of carbonyl (C=O) groups excluding carboxylic acids is 1. The molecule has 0 aromatic carbocycles. The van der Waals surface area contributed by atoms with Gasteiger partial charge >= 0.3 is 11.9 Å². The van der Waals surface area contributed by atoms with Gasteiger partial charge in [-0.15, -0.1) is 0 Å². The predicted molar refractivity (Wildman–Crippen MR) is 74.1 cm³/mol. The van der Waals surface area contributed by atoms with E-state index in [1.54, 1.807) is 6.92 Å². The Hall–Kier alpha value is -1.10. The van der Waals surface area contributed by atoms with Crippen LogP contribution < -0.4 is 0 Å². The lowest BCUT2D eigenvalue weighted by Gasteiger charge is -2.37. The van der Waals surface area contributed by atoms with E-state index in [9.17, 15) is 14.7 Å². The van der Waals surface area contributed by atoms with Crippen LogP contribution in [0.4, 0.5) is 0 Å². The van der Waals surface area contributed by atoms with Crippen LogP contribution >= 0.6 is 0 Å². The molecular weight excluding hydrogens is 260 g/mol. The largest absolute Gasteiger partial charge is 0.481 e. The molecule has 2 atom stereocenters. The number of esters is 1. The summed E-state index contributed by atoms with van der Waals surface area (Å²) in [6.45, 7) is 5.89. The molecule has 2 unspecified atom stereocenters. The standard InChI is InChI=1S/C15H26O5/c1-14(2)11(7-8-15(14,3)13(18)19)12(17)20-10-6-4-5-9-16/h11,16H,4-10H2,1-3H3,(H,18,19). The Morgan fingerprint density at radius 3 is 2.35 bits per heavy atom. The van der Waals surface area contributed by atoms with Crippen LogP contribution in [0, 0.1) is 16.7 Å². The fraction of sp³-hybridized carbons (Fsp3) is 0.867. The van der Waals surface area contributed by atoms with Crippen molar-refractivity contribution in [1.82, 2.24) is 0 Å². The van der Waals surface area contributed by atoms with Gasteiger partial charge in [0, 0.05) is 6.61 Å². The second kappa shape index (κ2) is 6.57. The Bertz CT molecular complexity index is 363. The van der Waals surface area contributed by atoms with E-state index in [1.807, 2.05) is 13.8 Å². The van der Waals surface area contributed by atoms with Crippen LogP contribution in [-0.4, -0.2) is 35.4 Å². The average Bonchev–Trinajstić information content (AvgIpc) is 2.61. The van der Waals surface area contributed by atoms with Crippen molar-refractivity contribution in [2.45, 2.75) is 52.9 Å². The molecule has 1 fully saturated rings. The van der Waals surface area contributed by atoms with Gasteiger partial charge in [0.2, 0.25) is 0 Å². The van der Waals surface area contributed by atoms with Crippen LogP contribution in [0.5, 0.6) is 0 Å². The van der Waals surface area contributed by atoms with E-state index < -0.39 is 16.8 Å². The van der Waals surface area contributed by atoms with Gasteiger partial charge in [-0.2, -0.15) is 0 Å². The van der Waals surface area contributed by atoms with E-state index in [-0.39, 0.29) is 18.5 Å². The first-order valence-electron chi connectivity index (χ1n) is 7.28. The first kappa shape index (κ1) is 17.0. The Morgan fingerprint density at radius 1 is 1.20 bits per heavy atom. The number of rotatable bonds is 7. The maximum atomic E-state index is 12.1. The van der Waals surface area contributed by atoms with E-state index >= 15 is 0 Å². The van der Waals surface area contributed by atoms with Gasteiger partial charge in [-0.25, -0.2) is 0 Å². The van der Waals surface area contributed by atoms with Crippen molar-refractivity contribution >= 4 is 11.9 Å². The summed E-state index contributed by atoms with van der Waals surface area (Å²) in [7, 11) is 0. The summed E-state index contributed by atoms with van der Waals surface area (Å²) in [5, 5.41) is 18.1. The molecule has 2 N–H and O–H groups in total. The molecular formula is C15H26O5. The van der Waals surface area contributed by atoms with Crippen LogP contribution in [0.2, 0.25) is 0 Å². The van der Waals surface area contributed by atoms with Crippen molar-refractivity contribution in [2.75, 3.05) is 13.2 Å². The number of unbranched alkanes of at least 4 members (excludes halogenated alkanes) is 2. The lowest BCUT2D eigenvalue weighted by Crippen LogP contribution is -2.43. The summed E-state index contributed by atoms with van der Waals surface area (Å²) in [6.07, 6.45) is 3.33. The van der Waals surface area contributed by atoms with E-state index in [0.29, 0.717) is 25.9 Å². The van der Waals surface area contributed by atoms with Crippen molar-refractivity contribution in [3.63, 3.8) is 0 Å². The molecule has 0 bridgehead atoms. The molecule has 0 aliphatic heterocycles. The van der Waals surface area contributed by atoms with Gasteiger partial charge in [-0.1, -0.05) is 13.8 Å². The van der Waals surface area contributed by atoms with Crippen LogP contribution in [0.25, 0.3) is 0 Å². The number of aliphatic hydroxyl groups is 1. The molecule has 0 aromatic rings. The second-order valence-corrected chi connectivity index (χ2v) is 6.40. The fourth-order valence-corrected chi connectivity index (χ4v) is 2.96. The van der Waals surface area contributed by atoms with Crippen molar-refractivity contribution < 1.29 is 24.5 Å². The third-order valence-electron chi connectivity index (χ3n) is 5.03. The van der Waals surface area contributed by atoms with Gasteiger partial charge in [0.1, 0.15) is 0 Å². The lowest BCUT2D eigenvalue weighted by molar-refractivity contribution is -0.160. The molecule has 0 spiro atoms. The van der Waals surface area contributed by atoms with Crippen molar-refractivity contribution in [3.8, 4) is 0 Å². The zero-order chi connectivity index (χ0) is 15.4. The topological polar surface area (TPSA) is 83.8 Å². The average molecular weight is 286 g/mol. The smallest absolute Gasteiger partial charge is 0.309 e. The predicted octanol–water partition coefficient (Wildman–Crippen LogP) is 2.22. The number of aliphatic hydroxyl groups excluding tert-OH is 1. The SMILES string of the molecule is CC1(C(=O)O)CCC(C(=O)OCCCCCO)C1(C)C. The highest BCUT2D eigenvalue weighted by Gasteiger charge is 2.58. The molecule has 0 radical (unpaired) electrons. The Labute approximate surface area is 120 Å². The number of carboxylic acid groups (broad SMARTS) is 1. The van der Waals surface area contributed by atoms with Crippen molar-refractivity contribution in [1.29, 1.82) is 0 Å². The molecule has 1 aliphatic rings. The highest BCUT2D eigenvalue weighted by atomic mass is 16.5. The maximum absolute atomic E-state index is 12.1. The maximum Gasteiger partial charge on any atom is 0.309 e. The molecule has 0 aromatic heterocycles. The van der Waals surface area contributed by atoms with Crippen molar-refractivity contribution in [2.24, 2.45) is 16.7 Å². The van der Waals surface area contributed by atoms with Crippen LogP contribution in [0.3, 0.4) is 0 Å². The number of aliphatic carboxylic acids is 1. The molecule has 5 heteroatoms. The zero-order valence-electron chi connectivity index (χ0n) is 12.6. The third kappa shape index (κ3) is 3.14. The van der Waals surface area contributed by atoms with Gasteiger partial charge in [-0.05, 0) is 44.4 Å². The highest BCUT2D eigenvalue weighted by molar-refractivity contribution is 5.80. The summed E-state index contributed by atoms with van der Waals surface area (Å²) < 4.78 is 5.27. The normalized spacial score (nSPS) is 28.3. The minimum Gasteiger partial charge on any atom is -0.481 e. The molecule has 0 heterocycles. The molecule has 20 heavy (non-hydrogen) atoms. The molecule has 0 saturated heterocycles. The molecule has 1 rings (SSSR count). The molecule has 1 saturated carbocycles. The number of ether oxygens (including phenoxy) is 1. The van der Waals surface area contributed by atoms with Gasteiger partial charge in [-0.3, -0.25) is 9.59 Å². The highest BCUT2D eigenvalue weighted by Crippen LogP contribution is 2.56. The molecule has 116 valence electrons. The quantitative estimate of drug-likeness (QED) is 0.554. The summed E-state index contributed by atoms with van der Waals surface area (Å²) in [4.78, 5) is 23.6. The molecule has 5 nitrogen and oxygen atoms in total.